The largest absolute Gasteiger partial charge is 0.497 e. The van der Waals surface area contributed by atoms with Crippen molar-refractivity contribution in [1.82, 2.24) is 34.9 Å². The van der Waals surface area contributed by atoms with Gasteiger partial charge in [-0.3, -0.25) is 4.79 Å². The minimum Gasteiger partial charge on any atom is -0.497 e. The summed E-state index contributed by atoms with van der Waals surface area (Å²) in [7, 11) is 1.65. The maximum Gasteiger partial charge on any atom is 0.253 e. The first-order valence-corrected chi connectivity index (χ1v) is 9.98. The zero-order valence-electron chi connectivity index (χ0n) is 17.0. The Labute approximate surface area is 178 Å². The normalized spacial score (nSPS) is 13.8. The second-order valence-corrected chi connectivity index (χ2v) is 7.42. The van der Waals surface area contributed by atoms with Gasteiger partial charge in [0.25, 0.3) is 5.91 Å². The molecule has 0 aliphatic carbocycles. The number of methoxy groups -OCH3 is 1. The molecule has 2 aromatic carbocycles. The maximum absolute atomic E-state index is 12.8. The molecule has 0 unspecified atom stereocenters. The standard InChI is InChI=1S/C22H21N7O2/c1-31-21-4-2-3-18(11-21)16-5-7-17(8-6-16)22(30)27-14-20(15-27)28-12-19(25-26-28)13-29-23-9-10-24-29/h2-12,20H,13-15H2,1H3. The molecule has 31 heavy (non-hydrogen) atoms. The molecular formula is C22H21N7O2. The van der Waals surface area contributed by atoms with Crippen molar-refractivity contribution in [2.75, 3.05) is 20.2 Å². The number of rotatable bonds is 6. The van der Waals surface area contributed by atoms with Gasteiger partial charge in [0.05, 0.1) is 31.7 Å². The van der Waals surface area contributed by atoms with E-state index < -0.39 is 0 Å². The van der Waals surface area contributed by atoms with Crippen LogP contribution >= 0.6 is 0 Å². The van der Waals surface area contributed by atoms with Gasteiger partial charge in [0.15, 0.2) is 0 Å². The minimum atomic E-state index is 0.0227. The lowest BCUT2D eigenvalue weighted by molar-refractivity contribution is 0.0498. The molecule has 1 saturated heterocycles. The van der Waals surface area contributed by atoms with Crippen LogP contribution in [0.4, 0.5) is 0 Å². The van der Waals surface area contributed by atoms with Crippen molar-refractivity contribution in [3.8, 4) is 16.9 Å². The number of likely N-dealkylation sites (tertiary alicyclic amines) is 1. The van der Waals surface area contributed by atoms with Crippen LogP contribution in [-0.2, 0) is 6.54 Å². The van der Waals surface area contributed by atoms with Gasteiger partial charge in [0.2, 0.25) is 0 Å². The molecule has 0 atom stereocenters. The van der Waals surface area contributed by atoms with Crippen LogP contribution in [0.1, 0.15) is 22.1 Å². The number of ether oxygens (including phenoxy) is 1. The number of carbonyl (C=O) groups excluding carboxylic acids is 1. The van der Waals surface area contributed by atoms with Crippen molar-refractivity contribution in [1.29, 1.82) is 0 Å². The lowest BCUT2D eigenvalue weighted by Gasteiger charge is -2.38. The van der Waals surface area contributed by atoms with Crippen LogP contribution in [-0.4, -0.2) is 61.0 Å². The predicted molar refractivity (Wildman–Crippen MR) is 113 cm³/mol. The monoisotopic (exact) mass is 415 g/mol. The van der Waals surface area contributed by atoms with Crippen molar-refractivity contribution in [2.45, 2.75) is 12.6 Å². The van der Waals surface area contributed by atoms with E-state index >= 15 is 0 Å². The second kappa shape index (κ2) is 8.02. The van der Waals surface area contributed by atoms with E-state index in [0.717, 1.165) is 22.6 Å². The van der Waals surface area contributed by atoms with Crippen LogP contribution in [0.5, 0.6) is 5.75 Å². The summed E-state index contributed by atoms with van der Waals surface area (Å²) in [6.45, 7) is 1.70. The highest BCUT2D eigenvalue weighted by atomic mass is 16.5. The minimum absolute atomic E-state index is 0.0227. The van der Waals surface area contributed by atoms with E-state index in [1.54, 1.807) is 24.3 Å². The highest BCUT2D eigenvalue weighted by molar-refractivity contribution is 5.95. The molecule has 4 aromatic rings. The third-order valence-corrected chi connectivity index (χ3v) is 5.39. The molecule has 2 aromatic heterocycles. The number of hydrogen-bond acceptors (Lipinski definition) is 6. The Morgan fingerprint density at radius 2 is 1.84 bits per heavy atom. The van der Waals surface area contributed by atoms with Crippen LogP contribution in [0.15, 0.2) is 67.1 Å². The van der Waals surface area contributed by atoms with E-state index in [2.05, 4.69) is 20.5 Å². The molecule has 9 nitrogen and oxygen atoms in total. The van der Waals surface area contributed by atoms with Crippen molar-refractivity contribution < 1.29 is 9.53 Å². The summed E-state index contributed by atoms with van der Waals surface area (Å²) in [5.74, 6) is 0.830. The Morgan fingerprint density at radius 3 is 2.58 bits per heavy atom. The molecular weight excluding hydrogens is 394 g/mol. The van der Waals surface area contributed by atoms with Crippen molar-refractivity contribution >= 4 is 5.91 Å². The fourth-order valence-corrected chi connectivity index (χ4v) is 3.61. The summed E-state index contributed by atoms with van der Waals surface area (Å²) in [5.41, 5.74) is 3.55. The quantitative estimate of drug-likeness (QED) is 0.480. The Hall–Kier alpha value is -4.01. The zero-order valence-corrected chi connectivity index (χ0v) is 17.0. The van der Waals surface area contributed by atoms with E-state index in [1.807, 2.05) is 64.3 Å². The first-order valence-electron chi connectivity index (χ1n) is 9.98. The maximum atomic E-state index is 12.8. The van der Waals surface area contributed by atoms with Crippen LogP contribution in [0, 0.1) is 0 Å². The van der Waals surface area contributed by atoms with Crippen LogP contribution in [0.25, 0.3) is 11.1 Å². The molecule has 156 valence electrons. The molecule has 3 heterocycles. The number of aromatic nitrogens is 6. The first kappa shape index (κ1) is 19.0. The molecule has 1 aliphatic rings. The molecule has 1 amide bonds. The van der Waals surface area contributed by atoms with E-state index in [4.69, 9.17) is 4.74 Å². The van der Waals surface area contributed by atoms with Crippen LogP contribution in [0.2, 0.25) is 0 Å². The Morgan fingerprint density at radius 1 is 1.06 bits per heavy atom. The van der Waals surface area contributed by atoms with Gasteiger partial charge in [-0.05, 0) is 35.4 Å². The van der Waals surface area contributed by atoms with Gasteiger partial charge in [-0.25, -0.2) is 4.68 Å². The molecule has 0 N–H and O–H groups in total. The summed E-state index contributed by atoms with van der Waals surface area (Å²) in [6.07, 6.45) is 5.14. The van der Waals surface area contributed by atoms with Gasteiger partial charge in [0.1, 0.15) is 18.0 Å². The first-order chi connectivity index (χ1) is 15.2. The van der Waals surface area contributed by atoms with Gasteiger partial charge >= 0.3 is 0 Å². The predicted octanol–water partition coefficient (Wildman–Crippen LogP) is 2.29. The second-order valence-electron chi connectivity index (χ2n) is 7.42. The number of nitrogens with zero attached hydrogens (tertiary/aromatic N) is 7. The van der Waals surface area contributed by atoms with E-state index in [-0.39, 0.29) is 11.9 Å². The molecule has 0 saturated carbocycles. The molecule has 0 bridgehead atoms. The summed E-state index contributed by atoms with van der Waals surface area (Å²) in [6, 6.07) is 15.7. The van der Waals surface area contributed by atoms with Gasteiger partial charge < -0.3 is 9.64 Å². The number of hydrogen-bond donors (Lipinski definition) is 0. The summed E-state index contributed by atoms with van der Waals surface area (Å²) in [4.78, 5) is 16.2. The molecule has 0 spiro atoms. The van der Waals surface area contributed by atoms with Crippen LogP contribution in [0.3, 0.4) is 0 Å². The van der Waals surface area contributed by atoms with Gasteiger partial charge in [-0.2, -0.15) is 15.0 Å². The Kier molecular flexibility index (Phi) is 4.91. The summed E-state index contributed by atoms with van der Waals surface area (Å²) in [5, 5.41) is 16.5. The lowest BCUT2D eigenvalue weighted by Crippen LogP contribution is -2.50. The zero-order chi connectivity index (χ0) is 21.2. The average Bonchev–Trinajstić information content (AvgIpc) is 3.45. The molecule has 5 rings (SSSR count). The number of carbonyl (C=O) groups is 1. The van der Waals surface area contributed by atoms with Crippen molar-refractivity contribution in [3.05, 3.63) is 78.4 Å². The van der Waals surface area contributed by atoms with E-state index in [9.17, 15) is 4.79 Å². The van der Waals surface area contributed by atoms with Crippen molar-refractivity contribution in [3.63, 3.8) is 0 Å². The summed E-state index contributed by atoms with van der Waals surface area (Å²) < 4.78 is 7.10. The fraction of sp³-hybridized carbons (Fsp3) is 0.227. The van der Waals surface area contributed by atoms with Crippen LogP contribution < -0.4 is 4.74 Å². The number of amides is 1. The van der Waals surface area contributed by atoms with E-state index in [1.165, 1.54) is 0 Å². The fourth-order valence-electron chi connectivity index (χ4n) is 3.61. The lowest BCUT2D eigenvalue weighted by atomic mass is 10.0. The molecule has 0 radical (unpaired) electrons. The van der Waals surface area contributed by atoms with Gasteiger partial charge in [-0.1, -0.05) is 29.5 Å². The summed E-state index contributed by atoms with van der Waals surface area (Å²) >= 11 is 0. The highest BCUT2D eigenvalue weighted by Crippen LogP contribution is 2.26. The average molecular weight is 415 g/mol. The smallest absolute Gasteiger partial charge is 0.253 e. The molecule has 1 fully saturated rings. The van der Waals surface area contributed by atoms with Crippen molar-refractivity contribution in [2.24, 2.45) is 0 Å². The third-order valence-electron chi connectivity index (χ3n) is 5.39. The van der Waals surface area contributed by atoms with Gasteiger partial charge in [0, 0.05) is 18.7 Å². The SMILES string of the molecule is COc1cccc(-c2ccc(C(=O)N3CC(n4cc(Cn5nccn5)nn4)C3)cc2)c1. The van der Waals surface area contributed by atoms with Gasteiger partial charge in [-0.15, -0.1) is 5.10 Å². The van der Waals surface area contributed by atoms with E-state index in [0.29, 0.717) is 25.2 Å². The molecule has 9 heteroatoms. The molecule has 1 aliphatic heterocycles. The Bertz CT molecular complexity index is 1180. The third kappa shape index (κ3) is 3.89. The highest BCUT2D eigenvalue weighted by Gasteiger charge is 2.33. The topological polar surface area (TPSA) is 91.0 Å². The number of benzene rings is 2. The Balaban J connectivity index is 1.20.